The molecule has 1 unspecified atom stereocenters. The monoisotopic (exact) mass is 275 g/mol. The van der Waals surface area contributed by atoms with Gasteiger partial charge in [-0.2, -0.15) is 4.98 Å². The van der Waals surface area contributed by atoms with Crippen LogP contribution < -0.4 is 11.0 Å². The summed E-state index contributed by atoms with van der Waals surface area (Å²) in [6.45, 7) is 0.431. The smallest absolute Gasteiger partial charge is 0.351 e. The molecule has 1 aliphatic rings. The van der Waals surface area contributed by atoms with Crippen molar-refractivity contribution in [3.63, 3.8) is 0 Å². The summed E-state index contributed by atoms with van der Waals surface area (Å²) in [6.07, 6.45) is 0.609. The van der Waals surface area contributed by atoms with Crippen LogP contribution in [0.25, 0.3) is 0 Å². The highest BCUT2D eigenvalue weighted by molar-refractivity contribution is 8.00. The predicted octanol–water partition coefficient (Wildman–Crippen LogP) is 0.659. The second kappa shape index (κ2) is 5.68. The van der Waals surface area contributed by atoms with E-state index in [2.05, 4.69) is 10.3 Å². The number of thioether (sulfide) groups is 1. The molecule has 0 amide bonds. The number of nitrogens with one attached hydrogen (secondary N) is 1. The molecule has 2 heterocycles. The molecule has 1 fully saturated rings. The fourth-order valence-electron chi connectivity index (χ4n) is 1.64. The molecule has 1 aliphatic heterocycles. The standard InChI is InChI=1S/C10H14FN3O3S/c1-12-9-6(11)3-14(10(15)13-9)7-5-18-8(17-7)4-16-2/h3,7-8H,4-5H2,1-2H3,(H,12,13,15)/t7?,8-/m1/s1. The Morgan fingerprint density at radius 3 is 3.22 bits per heavy atom. The second-order valence-corrected chi connectivity index (χ2v) is 4.88. The summed E-state index contributed by atoms with van der Waals surface area (Å²) < 4.78 is 25.3. The van der Waals surface area contributed by atoms with Gasteiger partial charge in [0.1, 0.15) is 11.7 Å². The molecule has 0 saturated carbocycles. The number of rotatable bonds is 4. The maximum Gasteiger partial charge on any atom is 0.351 e. The number of ether oxygens (including phenoxy) is 2. The van der Waals surface area contributed by atoms with Gasteiger partial charge < -0.3 is 14.8 Å². The summed E-state index contributed by atoms with van der Waals surface area (Å²) in [5.41, 5.74) is -0.677. The second-order valence-electron chi connectivity index (χ2n) is 3.69. The molecule has 2 atom stereocenters. The van der Waals surface area contributed by atoms with Gasteiger partial charge in [-0.3, -0.25) is 4.57 Å². The first kappa shape index (κ1) is 13.3. The summed E-state index contributed by atoms with van der Waals surface area (Å²) in [5, 5.41) is 2.52. The van der Waals surface area contributed by atoms with Gasteiger partial charge in [0.25, 0.3) is 0 Å². The Kier molecular flexibility index (Phi) is 4.20. The number of methoxy groups -OCH3 is 1. The Labute approximate surface area is 107 Å². The highest BCUT2D eigenvalue weighted by Gasteiger charge is 2.28. The summed E-state index contributed by atoms with van der Waals surface area (Å²) in [6, 6.07) is 0. The largest absolute Gasteiger partial charge is 0.381 e. The zero-order valence-electron chi connectivity index (χ0n) is 10.1. The highest BCUT2D eigenvalue weighted by atomic mass is 32.2. The van der Waals surface area contributed by atoms with Crippen LogP contribution in [0.1, 0.15) is 6.23 Å². The van der Waals surface area contributed by atoms with Crippen molar-refractivity contribution in [1.82, 2.24) is 9.55 Å². The number of aromatic nitrogens is 2. The number of halogens is 1. The minimum Gasteiger partial charge on any atom is -0.381 e. The molecule has 1 N–H and O–H groups in total. The van der Waals surface area contributed by atoms with Crippen LogP contribution in [0.3, 0.4) is 0 Å². The van der Waals surface area contributed by atoms with Gasteiger partial charge in [-0.1, -0.05) is 0 Å². The molecule has 0 spiro atoms. The van der Waals surface area contributed by atoms with Crippen molar-refractivity contribution < 1.29 is 13.9 Å². The summed E-state index contributed by atoms with van der Waals surface area (Å²) >= 11 is 1.52. The first-order valence-corrected chi connectivity index (χ1v) is 6.43. The van der Waals surface area contributed by atoms with Crippen molar-refractivity contribution in [1.29, 1.82) is 0 Å². The van der Waals surface area contributed by atoms with E-state index in [1.807, 2.05) is 0 Å². The predicted molar refractivity (Wildman–Crippen MR) is 66.2 cm³/mol. The van der Waals surface area contributed by atoms with Crippen molar-refractivity contribution in [3.05, 3.63) is 22.5 Å². The lowest BCUT2D eigenvalue weighted by Crippen LogP contribution is -2.29. The molecule has 1 aromatic heterocycles. The third-order valence-electron chi connectivity index (χ3n) is 2.49. The fraction of sp³-hybridized carbons (Fsp3) is 0.600. The SMILES string of the molecule is CNc1nc(=O)n(C2CS[C@H](COC)O2)cc1F. The summed E-state index contributed by atoms with van der Waals surface area (Å²) in [5.74, 6) is -0.0789. The van der Waals surface area contributed by atoms with Crippen LogP contribution in [-0.2, 0) is 9.47 Å². The van der Waals surface area contributed by atoms with Crippen LogP contribution in [-0.4, -0.2) is 41.5 Å². The van der Waals surface area contributed by atoms with Crippen molar-refractivity contribution in [2.45, 2.75) is 11.7 Å². The first-order chi connectivity index (χ1) is 8.65. The van der Waals surface area contributed by atoms with Crippen molar-refractivity contribution >= 4 is 17.6 Å². The van der Waals surface area contributed by atoms with Gasteiger partial charge in [0.15, 0.2) is 11.6 Å². The van der Waals surface area contributed by atoms with Crippen molar-refractivity contribution in [2.24, 2.45) is 0 Å². The van der Waals surface area contributed by atoms with E-state index in [1.54, 1.807) is 7.11 Å². The normalized spacial score (nSPS) is 23.3. The molecule has 1 saturated heterocycles. The van der Waals surface area contributed by atoms with E-state index in [9.17, 15) is 9.18 Å². The maximum absolute atomic E-state index is 13.6. The number of anilines is 1. The third-order valence-corrected chi connectivity index (χ3v) is 3.59. The van der Waals surface area contributed by atoms with Gasteiger partial charge in [-0.25, -0.2) is 9.18 Å². The van der Waals surface area contributed by atoms with E-state index in [4.69, 9.17) is 9.47 Å². The van der Waals surface area contributed by atoms with Gasteiger partial charge >= 0.3 is 5.69 Å². The molecule has 2 rings (SSSR count). The molecular weight excluding hydrogens is 261 g/mol. The van der Waals surface area contributed by atoms with E-state index in [0.717, 1.165) is 6.20 Å². The van der Waals surface area contributed by atoms with Crippen LogP contribution in [0.4, 0.5) is 10.2 Å². The quantitative estimate of drug-likeness (QED) is 0.871. The molecular formula is C10H14FN3O3S. The molecule has 6 nitrogen and oxygen atoms in total. The lowest BCUT2D eigenvalue weighted by Gasteiger charge is -2.14. The fourth-order valence-corrected chi connectivity index (χ4v) is 2.70. The molecule has 0 radical (unpaired) electrons. The van der Waals surface area contributed by atoms with E-state index < -0.39 is 17.7 Å². The third kappa shape index (κ3) is 2.65. The van der Waals surface area contributed by atoms with Crippen LogP contribution >= 0.6 is 11.8 Å². The number of hydrogen-bond acceptors (Lipinski definition) is 6. The van der Waals surface area contributed by atoms with Crippen LogP contribution in [0.2, 0.25) is 0 Å². The van der Waals surface area contributed by atoms with Gasteiger partial charge in [0.2, 0.25) is 0 Å². The summed E-state index contributed by atoms with van der Waals surface area (Å²) in [7, 11) is 3.08. The maximum atomic E-state index is 13.6. The van der Waals surface area contributed by atoms with Crippen LogP contribution in [0, 0.1) is 5.82 Å². The lowest BCUT2D eigenvalue weighted by molar-refractivity contribution is -0.0156. The zero-order valence-corrected chi connectivity index (χ0v) is 10.9. The van der Waals surface area contributed by atoms with Gasteiger partial charge in [0.05, 0.1) is 12.8 Å². The minimum absolute atomic E-state index is 0.0599. The van der Waals surface area contributed by atoms with Crippen LogP contribution in [0.15, 0.2) is 11.0 Å². The summed E-state index contributed by atoms with van der Waals surface area (Å²) in [4.78, 5) is 15.3. The molecule has 0 bridgehead atoms. The van der Waals surface area contributed by atoms with E-state index in [-0.39, 0.29) is 11.3 Å². The minimum atomic E-state index is -0.583. The molecule has 0 aliphatic carbocycles. The van der Waals surface area contributed by atoms with Gasteiger partial charge in [0, 0.05) is 19.9 Å². The van der Waals surface area contributed by atoms with Crippen molar-refractivity contribution in [3.8, 4) is 0 Å². The Bertz CT molecular complexity index is 482. The lowest BCUT2D eigenvalue weighted by atomic mass is 10.5. The Morgan fingerprint density at radius 1 is 1.78 bits per heavy atom. The van der Waals surface area contributed by atoms with Crippen molar-refractivity contribution in [2.75, 3.05) is 31.8 Å². The molecule has 18 heavy (non-hydrogen) atoms. The average Bonchev–Trinajstić information content (AvgIpc) is 2.80. The molecule has 100 valence electrons. The van der Waals surface area contributed by atoms with Crippen LogP contribution in [0.5, 0.6) is 0 Å². The van der Waals surface area contributed by atoms with E-state index in [1.165, 1.54) is 23.4 Å². The number of nitrogens with zero attached hydrogens (tertiary/aromatic N) is 2. The van der Waals surface area contributed by atoms with Gasteiger partial charge in [-0.05, 0) is 0 Å². The Morgan fingerprint density at radius 2 is 2.56 bits per heavy atom. The molecule has 1 aromatic rings. The Balaban J connectivity index is 2.20. The zero-order chi connectivity index (χ0) is 13.1. The topological polar surface area (TPSA) is 65.4 Å². The Hall–Kier alpha value is -1.12. The average molecular weight is 275 g/mol. The first-order valence-electron chi connectivity index (χ1n) is 5.38. The van der Waals surface area contributed by atoms with Gasteiger partial charge in [-0.15, -0.1) is 11.8 Å². The van der Waals surface area contributed by atoms with E-state index >= 15 is 0 Å². The highest BCUT2D eigenvalue weighted by Crippen LogP contribution is 2.31. The molecule has 0 aromatic carbocycles. The molecule has 8 heteroatoms. The number of hydrogen-bond donors (Lipinski definition) is 1. The van der Waals surface area contributed by atoms with E-state index in [0.29, 0.717) is 12.4 Å².